The summed E-state index contributed by atoms with van der Waals surface area (Å²) in [5.41, 5.74) is 1.71. The Morgan fingerprint density at radius 3 is 2.56 bits per heavy atom. The van der Waals surface area contributed by atoms with Gasteiger partial charge in [-0.05, 0) is 41.8 Å². The third-order valence-corrected chi connectivity index (χ3v) is 4.89. The van der Waals surface area contributed by atoms with Crippen LogP contribution in [0, 0.1) is 10.1 Å². The van der Waals surface area contributed by atoms with E-state index in [2.05, 4.69) is 15.5 Å². The number of methoxy groups -OCH3 is 1. The predicted molar refractivity (Wildman–Crippen MR) is 104 cm³/mol. The highest BCUT2D eigenvalue weighted by molar-refractivity contribution is 8.15. The lowest BCUT2D eigenvalue weighted by Gasteiger charge is -2.06. The van der Waals surface area contributed by atoms with E-state index in [1.54, 1.807) is 19.2 Å². The van der Waals surface area contributed by atoms with Crippen molar-refractivity contribution in [3.05, 3.63) is 69.8 Å². The Morgan fingerprint density at radius 1 is 1.22 bits per heavy atom. The number of amides is 1. The molecule has 0 radical (unpaired) electrons. The van der Waals surface area contributed by atoms with E-state index >= 15 is 0 Å². The lowest BCUT2D eigenvalue weighted by molar-refractivity contribution is -0.384. The summed E-state index contributed by atoms with van der Waals surface area (Å²) >= 11 is 1.32. The zero-order valence-electron chi connectivity index (χ0n) is 14.4. The maximum atomic E-state index is 12.1. The number of hydrogen-bond donors (Lipinski definition) is 1. The van der Waals surface area contributed by atoms with E-state index in [0.717, 1.165) is 11.3 Å². The summed E-state index contributed by atoms with van der Waals surface area (Å²) in [7, 11) is 1.61. The molecule has 0 aromatic heterocycles. The van der Waals surface area contributed by atoms with Gasteiger partial charge in [0.15, 0.2) is 5.17 Å². The molecule has 27 heavy (non-hydrogen) atoms. The number of carbonyl (C=O) groups is 1. The van der Waals surface area contributed by atoms with Gasteiger partial charge in [0.25, 0.3) is 5.69 Å². The minimum absolute atomic E-state index is 0.0125. The molecule has 1 aliphatic rings. The second-order valence-corrected chi connectivity index (χ2v) is 6.84. The third-order valence-electron chi connectivity index (χ3n) is 3.82. The lowest BCUT2D eigenvalue weighted by Crippen LogP contribution is -2.25. The van der Waals surface area contributed by atoms with E-state index in [0.29, 0.717) is 17.2 Å². The van der Waals surface area contributed by atoms with Gasteiger partial charge in [-0.15, -0.1) is 5.10 Å². The Balaban J connectivity index is 1.59. The van der Waals surface area contributed by atoms with E-state index < -0.39 is 4.92 Å². The van der Waals surface area contributed by atoms with Gasteiger partial charge in [-0.1, -0.05) is 23.9 Å². The quantitative estimate of drug-likeness (QED) is 0.468. The second kappa shape index (κ2) is 8.45. The molecule has 0 saturated carbocycles. The van der Waals surface area contributed by atoms with E-state index in [4.69, 9.17) is 4.74 Å². The van der Waals surface area contributed by atoms with Crippen LogP contribution in [-0.2, 0) is 11.2 Å². The van der Waals surface area contributed by atoms with Crippen molar-refractivity contribution in [2.24, 2.45) is 10.2 Å². The Kier molecular flexibility index (Phi) is 5.82. The van der Waals surface area contributed by atoms with Crippen LogP contribution in [0.4, 0.5) is 5.69 Å². The topological polar surface area (TPSA) is 106 Å². The van der Waals surface area contributed by atoms with Crippen molar-refractivity contribution in [2.75, 3.05) is 7.11 Å². The number of ether oxygens (including phenoxy) is 1. The summed E-state index contributed by atoms with van der Waals surface area (Å²) in [5, 5.41) is 21.4. The zero-order valence-corrected chi connectivity index (χ0v) is 15.2. The number of nitrogens with one attached hydrogen (secondary N) is 1. The second-order valence-electron chi connectivity index (χ2n) is 5.65. The van der Waals surface area contributed by atoms with E-state index in [-0.39, 0.29) is 16.8 Å². The molecule has 2 aromatic carbocycles. The van der Waals surface area contributed by atoms with Gasteiger partial charge in [0, 0.05) is 12.1 Å². The molecule has 1 aliphatic heterocycles. The normalized spacial score (nSPS) is 18.0. The van der Waals surface area contributed by atoms with Gasteiger partial charge < -0.3 is 10.1 Å². The predicted octanol–water partition coefficient (Wildman–Crippen LogP) is 2.77. The fraction of sp³-hybridized carbons (Fsp3) is 0.167. The van der Waals surface area contributed by atoms with Crippen LogP contribution < -0.4 is 10.1 Å². The number of rotatable bonds is 6. The van der Waals surface area contributed by atoms with Crippen LogP contribution in [0.25, 0.3) is 0 Å². The van der Waals surface area contributed by atoms with E-state index in [1.807, 2.05) is 24.3 Å². The molecule has 1 atom stereocenters. The van der Waals surface area contributed by atoms with Gasteiger partial charge in [0.05, 0.1) is 23.5 Å². The van der Waals surface area contributed by atoms with Crippen LogP contribution in [0.15, 0.2) is 58.7 Å². The van der Waals surface area contributed by atoms with Crippen LogP contribution in [-0.4, -0.2) is 34.6 Å². The van der Waals surface area contributed by atoms with Gasteiger partial charge in [0.2, 0.25) is 5.91 Å². The summed E-state index contributed by atoms with van der Waals surface area (Å²) in [4.78, 5) is 22.3. The number of thioether (sulfide) groups is 1. The average molecular weight is 384 g/mol. The van der Waals surface area contributed by atoms with E-state index in [1.165, 1.54) is 30.1 Å². The summed E-state index contributed by atoms with van der Waals surface area (Å²) in [5.74, 6) is 0.658. The Morgan fingerprint density at radius 2 is 1.93 bits per heavy atom. The molecular weight excluding hydrogens is 368 g/mol. The third kappa shape index (κ3) is 4.91. The maximum absolute atomic E-state index is 12.1. The van der Waals surface area contributed by atoms with Crippen molar-refractivity contribution in [2.45, 2.75) is 11.7 Å². The SMILES string of the molecule is COc1ccc(C[C@H]2S/C(=N\N=C\c3ccc([N+](=O)[O-])cc3)NC2=O)cc1. The number of hydrogen-bond acceptors (Lipinski definition) is 7. The Bertz CT molecular complexity index is 895. The first-order valence-corrected chi connectivity index (χ1v) is 8.89. The monoisotopic (exact) mass is 384 g/mol. The van der Waals surface area contributed by atoms with Crippen molar-refractivity contribution in [3.63, 3.8) is 0 Å². The molecular formula is C18H16N4O4S. The highest BCUT2D eigenvalue weighted by Gasteiger charge is 2.30. The van der Waals surface area contributed by atoms with E-state index in [9.17, 15) is 14.9 Å². The highest BCUT2D eigenvalue weighted by Crippen LogP contribution is 2.24. The molecule has 3 rings (SSSR count). The molecule has 2 aromatic rings. The lowest BCUT2D eigenvalue weighted by atomic mass is 10.1. The molecule has 9 heteroatoms. The molecule has 0 spiro atoms. The molecule has 1 fully saturated rings. The number of nitrogens with zero attached hydrogens (tertiary/aromatic N) is 3. The van der Waals surface area contributed by atoms with Gasteiger partial charge in [-0.2, -0.15) is 5.10 Å². The van der Waals surface area contributed by atoms with Crippen LogP contribution >= 0.6 is 11.8 Å². The number of non-ortho nitro benzene ring substituents is 1. The molecule has 0 unspecified atom stereocenters. The van der Waals surface area contributed by atoms with Crippen LogP contribution in [0.5, 0.6) is 5.75 Å². The molecule has 1 saturated heterocycles. The number of nitro groups is 1. The van der Waals surface area contributed by atoms with Crippen molar-refractivity contribution in [3.8, 4) is 5.75 Å². The molecule has 1 amide bonds. The fourth-order valence-corrected chi connectivity index (χ4v) is 3.36. The minimum atomic E-state index is -0.463. The summed E-state index contributed by atoms with van der Waals surface area (Å²) in [6.45, 7) is 0. The molecule has 0 aliphatic carbocycles. The first kappa shape index (κ1) is 18.6. The average Bonchev–Trinajstić information content (AvgIpc) is 3.02. The maximum Gasteiger partial charge on any atom is 0.269 e. The van der Waals surface area contributed by atoms with Crippen molar-refractivity contribution in [1.29, 1.82) is 0 Å². The van der Waals surface area contributed by atoms with Crippen molar-refractivity contribution >= 4 is 34.7 Å². The fourth-order valence-electron chi connectivity index (χ4n) is 2.39. The molecule has 1 heterocycles. The van der Waals surface area contributed by atoms with Crippen molar-refractivity contribution in [1.82, 2.24) is 5.32 Å². The molecule has 1 N–H and O–H groups in total. The van der Waals surface area contributed by atoms with Crippen LogP contribution in [0.3, 0.4) is 0 Å². The van der Waals surface area contributed by atoms with Crippen LogP contribution in [0.1, 0.15) is 11.1 Å². The summed E-state index contributed by atoms with van der Waals surface area (Å²) in [6.07, 6.45) is 2.05. The van der Waals surface area contributed by atoms with Crippen molar-refractivity contribution < 1.29 is 14.5 Å². The highest BCUT2D eigenvalue weighted by atomic mass is 32.2. The van der Waals surface area contributed by atoms with Crippen LogP contribution in [0.2, 0.25) is 0 Å². The zero-order chi connectivity index (χ0) is 19.2. The Hall–Kier alpha value is -3.20. The van der Waals surface area contributed by atoms with Gasteiger partial charge in [0.1, 0.15) is 5.75 Å². The smallest absolute Gasteiger partial charge is 0.269 e. The Labute approximate surface area is 159 Å². The minimum Gasteiger partial charge on any atom is -0.497 e. The first-order chi connectivity index (χ1) is 13.0. The number of carbonyl (C=O) groups excluding carboxylic acids is 1. The van der Waals surface area contributed by atoms with Gasteiger partial charge >= 0.3 is 0 Å². The number of amidine groups is 1. The van der Waals surface area contributed by atoms with Gasteiger partial charge in [-0.3, -0.25) is 14.9 Å². The molecule has 0 bridgehead atoms. The summed E-state index contributed by atoms with van der Waals surface area (Å²) < 4.78 is 5.12. The largest absolute Gasteiger partial charge is 0.497 e. The standard InChI is InChI=1S/C18H16N4O4S/c1-26-15-8-4-12(5-9-15)10-16-17(23)20-18(27-16)21-19-11-13-2-6-14(7-3-13)22(24)25/h2-9,11,16H,10H2,1H3,(H,20,21,23)/b19-11+/t16-/m1/s1. The van der Waals surface area contributed by atoms with Gasteiger partial charge in [-0.25, -0.2) is 0 Å². The molecule has 138 valence electrons. The summed E-state index contributed by atoms with van der Waals surface area (Å²) in [6, 6.07) is 13.5. The number of benzene rings is 2. The number of nitro benzene ring substituents is 1. The first-order valence-electron chi connectivity index (χ1n) is 8.01. The molecule has 8 nitrogen and oxygen atoms in total.